The van der Waals surface area contributed by atoms with Gasteiger partial charge in [0.15, 0.2) is 11.5 Å². The van der Waals surface area contributed by atoms with Crippen LogP contribution < -0.4 is 0 Å². The maximum atomic E-state index is 14.5. The van der Waals surface area contributed by atoms with Gasteiger partial charge in [-0.1, -0.05) is 42.3 Å². The van der Waals surface area contributed by atoms with Gasteiger partial charge in [0.2, 0.25) is 0 Å². The second kappa shape index (κ2) is 10.5. The van der Waals surface area contributed by atoms with Gasteiger partial charge in [-0.2, -0.15) is 18.3 Å². The van der Waals surface area contributed by atoms with E-state index in [4.69, 9.17) is 23.2 Å². The second-order valence-electron chi connectivity index (χ2n) is 11.5. The Morgan fingerprint density at radius 1 is 1.08 bits per heavy atom. The molecule has 0 radical (unpaired) electrons. The monoisotopic (exact) mass is 583 g/mol. The quantitative estimate of drug-likeness (QED) is 0.282. The van der Waals surface area contributed by atoms with Crippen LogP contribution in [-0.4, -0.2) is 31.6 Å². The molecule has 11 heteroatoms. The van der Waals surface area contributed by atoms with Crippen LogP contribution in [0.1, 0.15) is 79.5 Å². The van der Waals surface area contributed by atoms with Gasteiger partial charge in [0.1, 0.15) is 0 Å². The molecular formula is C28H30Cl2F3N3O3. The minimum absolute atomic E-state index is 0.171. The SMILES string of the molecule is C[C@@H]1C[C@@H](n2ncc(C(=O)C3CC4(CC=CC4)C[C@@H]3Cc3c(Cl)cncc3Cl)c2C(F)(F)F)CC[C@@H]1C(=O)O. The van der Waals surface area contributed by atoms with Crippen molar-refractivity contribution in [2.45, 2.75) is 70.5 Å². The highest BCUT2D eigenvalue weighted by Gasteiger charge is 2.51. The highest BCUT2D eigenvalue weighted by Crippen LogP contribution is 2.55. The lowest BCUT2D eigenvalue weighted by molar-refractivity contribution is -0.148. The second-order valence-corrected chi connectivity index (χ2v) is 12.4. The van der Waals surface area contributed by atoms with Gasteiger partial charge in [0.05, 0.1) is 33.8 Å². The molecule has 2 aromatic rings. The van der Waals surface area contributed by atoms with Gasteiger partial charge >= 0.3 is 12.1 Å². The van der Waals surface area contributed by atoms with Crippen molar-refractivity contribution in [3.05, 3.63) is 57.6 Å². The Morgan fingerprint density at radius 2 is 1.74 bits per heavy atom. The molecule has 2 saturated carbocycles. The van der Waals surface area contributed by atoms with Crippen LogP contribution in [0.25, 0.3) is 0 Å². The molecular weight excluding hydrogens is 554 g/mol. The van der Waals surface area contributed by atoms with Crippen LogP contribution in [-0.2, 0) is 17.4 Å². The van der Waals surface area contributed by atoms with E-state index in [1.807, 2.05) is 0 Å². The highest BCUT2D eigenvalue weighted by atomic mass is 35.5. The summed E-state index contributed by atoms with van der Waals surface area (Å²) in [5.74, 6) is -3.30. The summed E-state index contributed by atoms with van der Waals surface area (Å²) in [6.45, 7) is 1.74. The van der Waals surface area contributed by atoms with Crippen molar-refractivity contribution in [3.8, 4) is 0 Å². The van der Waals surface area contributed by atoms with Crippen molar-refractivity contribution in [1.82, 2.24) is 14.8 Å². The number of ketones is 1. The van der Waals surface area contributed by atoms with Crippen molar-refractivity contribution >= 4 is 35.0 Å². The number of carbonyl (C=O) groups is 2. The van der Waals surface area contributed by atoms with Crippen LogP contribution >= 0.6 is 23.2 Å². The Balaban J connectivity index is 1.48. The van der Waals surface area contributed by atoms with E-state index in [1.165, 1.54) is 12.4 Å². The number of Topliss-reactive ketones (excluding diaryl/α,β-unsaturated/α-hetero) is 1. The number of allylic oxidation sites excluding steroid dienone is 2. The molecule has 0 aliphatic heterocycles. The molecule has 1 unspecified atom stereocenters. The Hall–Kier alpha value is -2.39. The molecule has 2 fully saturated rings. The number of aromatic nitrogens is 3. The number of nitrogens with zero attached hydrogens (tertiary/aromatic N) is 3. The van der Waals surface area contributed by atoms with Gasteiger partial charge in [-0.3, -0.25) is 19.3 Å². The summed E-state index contributed by atoms with van der Waals surface area (Å²) >= 11 is 12.8. The Bertz CT molecular complexity index is 1280. The Kier molecular flexibility index (Phi) is 7.61. The summed E-state index contributed by atoms with van der Waals surface area (Å²) in [5, 5.41) is 14.3. The number of hydrogen-bond donors (Lipinski definition) is 1. The molecule has 2 heterocycles. The zero-order valence-electron chi connectivity index (χ0n) is 21.4. The molecule has 5 rings (SSSR count). The smallest absolute Gasteiger partial charge is 0.433 e. The molecule has 3 aliphatic rings. The van der Waals surface area contributed by atoms with E-state index in [0.29, 0.717) is 34.9 Å². The third-order valence-corrected chi connectivity index (χ3v) is 9.73. The summed E-state index contributed by atoms with van der Waals surface area (Å²) in [4.78, 5) is 29.5. The minimum atomic E-state index is -4.80. The lowest BCUT2D eigenvalue weighted by atomic mass is 9.78. The zero-order chi connectivity index (χ0) is 28.1. The van der Waals surface area contributed by atoms with Gasteiger partial charge in [-0.05, 0) is 74.2 Å². The summed E-state index contributed by atoms with van der Waals surface area (Å²) in [5.41, 5.74) is -0.978. The van der Waals surface area contributed by atoms with Crippen LogP contribution in [0.3, 0.4) is 0 Å². The van der Waals surface area contributed by atoms with Crippen LogP contribution in [0.15, 0.2) is 30.7 Å². The number of carboxylic acid groups (broad SMARTS) is 1. The van der Waals surface area contributed by atoms with Crippen molar-refractivity contribution in [2.75, 3.05) is 0 Å². The first kappa shape index (κ1) is 28.1. The molecule has 1 spiro atoms. The van der Waals surface area contributed by atoms with Crippen LogP contribution in [0.4, 0.5) is 13.2 Å². The molecule has 0 amide bonds. The van der Waals surface area contributed by atoms with Crippen LogP contribution in [0.2, 0.25) is 10.0 Å². The number of rotatable bonds is 6. The van der Waals surface area contributed by atoms with Gasteiger partial charge < -0.3 is 5.11 Å². The standard InChI is InChI=1S/C28H30Cl2F3N3O3/c1-15-8-17(4-5-18(15)26(38)39)36-25(28(31,32)33)21(12-35-36)24(37)20-11-27(6-2-3-7-27)10-16(20)9-19-22(29)13-34-14-23(19)30/h2-3,12-18,20H,4-11H2,1H3,(H,38,39)/t15-,16+,17+,18+,20?/m1/s1. The maximum absolute atomic E-state index is 14.5. The lowest BCUT2D eigenvalue weighted by Crippen LogP contribution is -2.32. The summed E-state index contributed by atoms with van der Waals surface area (Å²) < 4.78 is 44.5. The van der Waals surface area contributed by atoms with E-state index >= 15 is 0 Å². The first-order valence-corrected chi connectivity index (χ1v) is 14.0. The molecule has 6 nitrogen and oxygen atoms in total. The molecule has 2 aromatic heterocycles. The summed E-state index contributed by atoms with van der Waals surface area (Å²) in [7, 11) is 0. The van der Waals surface area contributed by atoms with Gasteiger partial charge in [0.25, 0.3) is 0 Å². The van der Waals surface area contributed by atoms with Gasteiger partial charge in [-0.15, -0.1) is 0 Å². The van der Waals surface area contributed by atoms with E-state index in [0.717, 1.165) is 23.7 Å². The number of aliphatic carboxylic acids is 1. The maximum Gasteiger partial charge on any atom is 0.433 e. The molecule has 0 aromatic carbocycles. The fourth-order valence-corrected chi connectivity index (χ4v) is 7.69. The fraction of sp³-hybridized carbons (Fsp3) is 0.571. The average Bonchev–Trinajstić information content (AvgIpc) is 3.59. The van der Waals surface area contributed by atoms with E-state index in [2.05, 4.69) is 22.2 Å². The summed E-state index contributed by atoms with van der Waals surface area (Å²) in [6, 6.07) is -0.632. The largest absolute Gasteiger partial charge is 0.481 e. The first-order chi connectivity index (χ1) is 18.4. The van der Waals surface area contributed by atoms with E-state index in [-0.39, 0.29) is 36.5 Å². The lowest BCUT2D eigenvalue weighted by Gasteiger charge is -2.33. The normalized spacial score (nSPS) is 28.3. The number of carbonyl (C=O) groups excluding carboxylic acids is 1. The molecule has 5 atom stereocenters. The van der Waals surface area contributed by atoms with Crippen molar-refractivity contribution < 1.29 is 27.9 Å². The third-order valence-electron chi connectivity index (χ3n) is 9.08. The van der Waals surface area contributed by atoms with E-state index in [1.54, 1.807) is 6.92 Å². The van der Waals surface area contributed by atoms with Crippen molar-refractivity contribution in [1.29, 1.82) is 0 Å². The molecule has 210 valence electrons. The zero-order valence-corrected chi connectivity index (χ0v) is 22.9. The molecule has 3 aliphatic carbocycles. The number of carboxylic acids is 1. The predicted octanol–water partition coefficient (Wildman–Crippen LogP) is 7.45. The highest BCUT2D eigenvalue weighted by molar-refractivity contribution is 6.35. The van der Waals surface area contributed by atoms with Crippen molar-refractivity contribution in [2.24, 2.45) is 29.1 Å². The Labute approximate surface area is 234 Å². The fourth-order valence-electron chi connectivity index (χ4n) is 7.17. The predicted molar refractivity (Wildman–Crippen MR) is 140 cm³/mol. The molecule has 0 bridgehead atoms. The van der Waals surface area contributed by atoms with Gasteiger partial charge in [-0.25, -0.2) is 0 Å². The number of pyridine rings is 1. The molecule has 1 N–H and O–H groups in total. The molecule has 39 heavy (non-hydrogen) atoms. The van der Waals surface area contributed by atoms with Gasteiger partial charge in [0, 0.05) is 18.3 Å². The Morgan fingerprint density at radius 3 is 2.33 bits per heavy atom. The average molecular weight is 584 g/mol. The number of halogens is 5. The number of hydrogen-bond acceptors (Lipinski definition) is 4. The summed E-state index contributed by atoms with van der Waals surface area (Å²) in [6.07, 6.45) is 7.20. The topological polar surface area (TPSA) is 85.1 Å². The minimum Gasteiger partial charge on any atom is -0.481 e. The van der Waals surface area contributed by atoms with Crippen LogP contribution in [0, 0.1) is 29.1 Å². The number of alkyl halides is 3. The first-order valence-electron chi connectivity index (χ1n) is 13.2. The van der Waals surface area contributed by atoms with E-state index < -0.39 is 47.1 Å². The molecule has 0 saturated heterocycles. The van der Waals surface area contributed by atoms with Crippen LogP contribution in [0.5, 0.6) is 0 Å². The third kappa shape index (κ3) is 5.36. The van der Waals surface area contributed by atoms with E-state index in [9.17, 15) is 27.9 Å². The van der Waals surface area contributed by atoms with Crippen molar-refractivity contribution in [3.63, 3.8) is 0 Å².